The van der Waals surface area contributed by atoms with E-state index in [4.69, 9.17) is 23.2 Å². The van der Waals surface area contributed by atoms with Gasteiger partial charge in [-0.1, -0.05) is 30.1 Å². The van der Waals surface area contributed by atoms with Crippen LogP contribution in [0.25, 0.3) is 0 Å². The van der Waals surface area contributed by atoms with Crippen LogP contribution in [0.1, 0.15) is 24.2 Å². The number of benzene rings is 1. The molecule has 0 aliphatic heterocycles. The highest BCUT2D eigenvalue weighted by Gasteiger charge is 2.15. The molecule has 0 fully saturated rings. The molecule has 2 nitrogen and oxygen atoms in total. The Bertz CT molecular complexity index is 573. The summed E-state index contributed by atoms with van der Waals surface area (Å²) in [7, 11) is 0. The molecule has 1 aromatic carbocycles. The Hall–Kier alpha value is -0.610. The van der Waals surface area contributed by atoms with Gasteiger partial charge in [0.2, 0.25) is 0 Å². The molecule has 0 amide bonds. The van der Waals surface area contributed by atoms with Gasteiger partial charge in [0.1, 0.15) is 0 Å². The van der Waals surface area contributed by atoms with E-state index in [9.17, 15) is 0 Å². The van der Waals surface area contributed by atoms with Gasteiger partial charge in [-0.15, -0.1) is 0 Å². The number of likely N-dealkylation sites (N-methyl/N-ethyl adjacent to an activating group) is 1. The van der Waals surface area contributed by atoms with Crippen LogP contribution >= 0.6 is 39.1 Å². The van der Waals surface area contributed by atoms with Crippen LogP contribution in [-0.4, -0.2) is 11.5 Å². The Morgan fingerprint density at radius 2 is 2.05 bits per heavy atom. The maximum atomic E-state index is 6.29. The maximum absolute atomic E-state index is 6.29. The van der Waals surface area contributed by atoms with E-state index < -0.39 is 0 Å². The van der Waals surface area contributed by atoms with Crippen molar-refractivity contribution < 1.29 is 0 Å². The van der Waals surface area contributed by atoms with Gasteiger partial charge in [-0.05, 0) is 58.4 Å². The molecular weight excluding hydrogens is 359 g/mol. The Labute approximate surface area is 137 Å². The van der Waals surface area contributed by atoms with Gasteiger partial charge >= 0.3 is 0 Å². The van der Waals surface area contributed by atoms with Crippen LogP contribution in [0.5, 0.6) is 0 Å². The van der Waals surface area contributed by atoms with Crippen molar-refractivity contribution in [2.24, 2.45) is 0 Å². The molecule has 0 spiro atoms. The zero-order valence-corrected chi connectivity index (χ0v) is 14.1. The molecule has 2 aromatic rings. The lowest BCUT2D eigenvalue weighted by molar-refractivity contribution is 0.544. The average Bonchev–Trinajstić information content (AvgIpc) is 2.43. The molecule has 1 aromatic heterocycles. The van der Waals surface area contributed by atoms with Gasteiger partial charge < -0.3 is 5.32 Å². The van der Waals surface area contributed by atoms with Crippen molar-refractivity contribution in [3.05, 3.63) is 62.3 Å². The van der Waals surface area contributed by atoms with Gasteiger partial charge in [-0.3, -0.25) is 4.98 Å². The molecule has 20 heavy (non-hydrogen) atoms. The first-order valence-corrected chi connectivity index (χ1v) is 7.93. The molecule has 0 radical (unpaired) electrons. The highest BCUT2D eigenvalue weighted by Crippen LogP contribution is 2.28. The summed E-state index contributed by atoms with van der Waals surface area (Å²) < 4.78 is 0.974. The topological polar surface area (TPSA) is 24.9 Å². The third-order valence-corrected chi connectivity index (χ3v) is 4.03. The first kappa shape index (κ1) is 15.8. The van der Waals surface area contributed by atoms with Crippen LogP contribution in [0.3, 0.4) is 0 Å². The van der Waals surface area contributed by atoms with E-state index in [0.29, 0.717) is 5.02 Å². The number of aromatic nitrogens is 1. The molecule has 0 aliphatic rings. The minimum Gasteiger partial charge on any atom is -0.310 e. The minimum absolute atomic E-state index is 0.0971. The molecule has 0 bridgehead atoms. The number of rotatable bonds is 5. The van der Waals surface area contributed by atoms with Crippen molar-refractivity contribution in [1.82, 2.24) is 10.3 Å². The van der Waals surface area contributed by atoms with Crippen molar-refractivity contribution in [2.45, 2.75) is 19.4 Å². The lowest BCUT2D eigenvalue weighted by atomic mass is 10.0. The van der Waals surface area contributed by atoms with Crippen LogP contribution in [0.4, 0.5) is 0 Å². The molecule has 1 N–H and O–H groups in total. The Morgan fingerprint density at radius 1 is 1.25 bits per heavy atom. The molecule has 5 heteroatoms. The summed E-state index contributed by atoms with van der Waals surface area (Å²) in [6, 6.07) is 9.64. The second kappa shape index (κ2) is 7.41. The number of pyridine rings is 1. The Kier molecular flexibility index (Phi) is 5.85. The predicted molar refractivity (Wildman–Crippen MR) is 88.5 cm³/mol. The highest BCUT2D eigenvalue weighted by atomic mass is 79.9. The second-order valence-corrected chi connectivity index (χ2v) is 6.21. The van der Waals surface area contributed by atoms with E-state index in [0.717, 1.165) is 33.7 Å². The van der Waals surface area contributed by atoms with E-state index in [1.54, 1.807) is 12.3 Å². The molecule has 0 aliphatic carbocycles. The third kappa shape index (κ3) is 4.19. The number of nitrogens with zero attached hydrogens (tertiary/aromatic N) is 1. The number of halogens is 3. The molecule has 0 saturated carbocycles. The van der Waals surface area contributed by atoms with E-state index >= 15 is 0 Å². The number of hydrogen-bond donors (Lipinski definition) is 1. The minimum atomic E-state index is 0.0971. The Morgan fingerprint density at radius 3 is 2.70 bits per heavy atom. The summed E-state index contributed by atoms with van der Waals surface area (Å²) in [5, 5.41) is 4.85. The summed E-state index contributed by atoms with van der Waals surface area (Å²) in [6.45, 7) is 2.92. The molecular formula is C15H15BrCl2N2. The molecule has 2 rings (SSSR count). The zero-order chi connectivity index (χ0) is 14.5. The molecule has 1 heterocycles. The van der Waals surface area contributed by atoms with Crippen LogP contribution in [0, 0.1) is 0 Å². The number of hydrogen-bond acceptors (Lipinski definition) is 2. The van der Waals surface area contributed by atoms with Gasteiger partial charge in [0.05, 0.1) is 0 Å². The summed E-state index contributed by atoms with van der Waals surface area (Å²) in [6.07, 6.45) is 2.57. The smallest absolute Gasteiger partial charge is 0.0454 e. The largest absolute Gasteiger partial charge is 0.310 e. The zero-order valence-electron chi connectivity index (χ0n) is 11.0. The third-order valence-electron chi connectivity index (χ3n) is 2.99. The standard InChI is InChI=1S/C15H15BrCl2N2/c1-2-19-15(8-12-5-3-10(16)9-20-12)13-7-11(17)4-6-14(13)18/h3-7,9,15,19H,2,8H2,1H3. The predicted octanol–water partition coefficient (Wildman–Crippen LogP) is 5.04. The van der Waals surface area contributed by atoms with E-state index in [1.165, 1.54) is 0 Å². The van der Waals surface area contributed by atoms with Crippen molar-refractivity contribution in [2.75, 3.05) is 6.54 Å². The van der Waals surface area contributed by atoms with E-state index in [2.05, 4.69) is 33.2 Å². The lowest BCUT2D eigenvalue weighted by Gasteiger charge is -2.19. The SMILES string of the molecule is CCNC(Cc1ccc(Br)cn1)c1cc(Cl)ccc1Cl. The lowest BCUT2D eigenvalue weighted by Crippen LogP contribution is -2.23. The summed E-state index contributed by atoms with van der Waals surface area (Å²) in [4.78, 5) is 4.41. The molecule has 1 unspecified atom stereocenters. The van der Waals surface area contributed by atoms with Gasteiger partial charge in [-0.2, -0.15) is 0 Å². The summed E-state index contributed by atoms with van der Waals surface area (Å²) >= 11 is 15.8. The van der Waals surface area contributed by atoms with E-state index in [-0.39, 0.29) is 6.04 Å². The van der Waals surface area contributed by atoms with Gasteiger partial charge in [0.15, 0.2) is 0 Å². The first-order valence-electron chi connectivity index (χ1n) is 6.39. The van der Waals surface area contributed by atoms with Crippen LogP contribution < -0.4 is 5.32 Å². The normalized spacial score (nSPS) is 12.4. The summed E-state index contributed by atoms with van der Waals surface area (Å²) in [5.41, 5.74) is 2.01. The molecule has 106 valence electrons. The quantitative estimate of drug-likeness (QED) is 0.793. The first-order chi connectivity index (χ1) is 9.60. The maximum Gasteiger partial charge on any atom is 0.0454 e. The van der Waals surface area contributed by atoms with Crippen LogP contribution in [-0.2, 0) is 6.42 Å². The van der Waals surface area contributed by atoms with Crippen molar-refractivity contribution in [3.8, 4) is 0 Å². The average molecular weight is 374 g/mol. The fourth-order valence-electron chi connectivity index (χ4n) is 2.06. The molecule has 0 saturated heterocycles. The Balaban J connectivity index is 2.26. The van der Waals surface area contributed by atoms with E-state index in [1.807, 2.05) is 24.3 Å². The second-order valence-electron chi connectivity index (χ2n) is 4.45. The van der Waals surface area contributed by atoms with Crippen LogP contribution in [0.15, 0.2) is 41.0 Å². The number of nitrogens with one attached hydrogen (secondary N) is 1. The fourth-order valence-corrected chi connectivity index (χ4v) is 2.72. The van der Waals surface area contributed by atoms with Crippen molar-refractivity contribution in [3.63, 3.8) is 0 Å². The van der Waals surface area contributed by atoms with Gasteiger partial charge in [-0.25, -0.2) is 0 Å². The van der Waals surface area contributed by atoms with Crippen molar-refractivity contribution in [1.29, 1.82) is 0 Å². The van der Waals surface area contributed by atoms with Gasteiger partial charge in [0.25, 0.3) is 0 Å². The van der Waals surface area contributed by atoms with Gasteiger partial charge in [0, 0.05) is 38.9 Å². The summed E-state index contributed by atoms with van der Waals surface area (Å²) in [5.74, 6) is 0. The highest BCUT2D eigenvalue weighted by molar-refractivity contribution is 9.10. The fraction of sp³-hybridized carbons (Fsp3) is 0.267. The molecule has 1 atom stereocenters. The van der Waals surface area contributed by atoms with Crippen LogP contribution in [0.2, 0.25) is 10.0 Å². The van der Waals surface area contributed by atoms with Crippen molar-refractivity contribution >= 4 is 39.1 Å². The monoisotopic (exact) mass is 372 g/mol.